The summed E-state index contributed by atoms with van der Waals surface area (Å²) in [6.45, 7) is 8.64. The molecule has 6 unspecified atom stereocenters. The third-order valence-corrected chi connectivity index (χ3v) is 13.0. The van der Waals surface area contributed by atoms with E-state index in [-0.39, 0.29) is 46.7 Å². The lowest BCUT2D eigenvalue weighted by atomic mass is 9.46. The number of quaternary nitrogens is 1. The van der Waals surface area contributed by atoms with E-state index in [9.17, 15) is 33.1 Å². The van der Waals surface area contributed by atoms with Crippen LogP contribution in [0.5, 0.6) is 0 Å². The fourth-order valence-electron chi connectivity index (χ4n) is 10.2. The smallest absolute Gasteiger partial charge is 0.220 e. The van der Waals surface area contributed by atoms with E-state index < -0.39 is 28.4 Å². The number of carbonyl (C=O) groups excluding carboxylic acids is 1. The first-order chi connectivity index (χ1) is 19.5. The topological polar surface area (TPSA) is 147 Å². The highest BCUT2D eigenvalue weighted by molar-refractivity contribution is 7.85. The van der Waals surface area contributed by atoms with Gasteiger partial charge in [0, 0.05) is 31.6 Å². The van der Waals surface area contributed by atoms with Crippen molar-refractivity contribution in [1.29, 1.82) is 0 Å². The average Bonchev–Trinajstić information content (AvgIpc) is 3.22. The molecule has 0 bridgehead atoms. The van der Waals surface area contributed by atoms with E-state index in [4.69, 9.17) is 0 Å². The fourth-order valence-corrected chi connectivity index (χ4v) is 10.7. The summed E-state index contributed by atoms with van der Waals surface area (Å²) < 4.78 is 33.1. The maximum Gasteiger partial charge on any atom is 0.220 e. The van der Waals surface area contributed by atoms with Crippen LogP contribution in [0.2, 0.25) is 0 Å². The van der Waals surface area contributed by atoms with Crippen LogP contribution in [0.1, 0.15) is 78.6 Å². The van der Waals surface area contributed by atoms with E-state index in [0.29, 0.717) is 54.6 Å². The van der Waals surface area contributed by atoms with Crippen molar-refractivity contribution in [2.45, 2.75) is 96.9 Å². The molecule has 0 aromatic rings. The van der Waals surface area contributed by atoms with Crippen molar-refractivity contribution in [3.63, 3.8) is 0 Å². The summed E-state index contributed by atoms with van der Waals surface area (Å²) in [7, 11) is -0.180. The van der Waals surface area contributed by atoms with Gasteiger partial charge in [0.15, 0.2) is 0 Å². The monoisotopic (exact) mass is 613 g/mol. The van der Waals surface area contributed by atoms with Crippen LogP contribution in [0.4, 0.5) is 0 Å². The maximum atomic E-state index is 12.7. The Hall–Kier alpha value is -0.780. The van der Waals surface area contributed by atoms with Gasteiger partial charge in [-0.3, -0.25) is 4.79 Å². The molecule has 0 aromatic carbocycles. The number of rotatable bonds is 12. The van der Waals surface area contributed by atoms with Crippen molar-refractivity contribution in [2.24, 2.45) is 52.8 Å². The normalized spacial score (nSPS) is 41.0. The summed E-state index contributed by atoms with van der Waals surface area (Å²) in [4.78, 5) is 12.7. The Labute approximate surface area is 254 Å². The lowest BCUT2D eigenvalue weighted by Gasteiger charge is -2.60. The molecule has 4 saturated carbocycles. The fraction of sp³-hybridized carbons (Fsp3) is 0.938. The lowest BCUT2D eigenvalue weighted by Crippen LogP contribution is -2.60. The largest absolute Gasteiger partial charge is 0.748 e. The first-order valence-corrected chi connectivity index (χ1v) is 18.0. The second kappa shape index (κ2) is 13.3. The quantitative estimate of drug-likeness (QED) is 0.150. The van der Waals surface area contributed by atoms with Gasteiger partial charge in [0.05, 0.1) is 55.6 Å². The second-order valence-electron chi connectivity index (χ2n) is 15.4. The van der Waals surface area contributed by atoms with Crippen LogP contribution in [0.15, 0.2) is 0 Å². The van der Waals surface area contributed by atoms with Crippen LogP contribution in [-0.4, -0.2) is 96.5 Å². The van der Waals surface area contributed by atoms with Crippen LogP contribution in [0.3, 0.4) is 0 Å². The van der Waals surface area contributed by atoms with Gasteiger partial charge < -0.3 is 29.7 Å². The minimum absolute atomic E-state index is 0.0343. The number of fused-ring (bicyclic) bond motifs is 5. The Balaban J connectivity index is 1.26. The van der Waals surface area contributed by atoms with Crippen molar-refractivity contribution in [2.75, 3.05) is 39.5 Å². The Morgan fingerprint density at radius 3 is 2.48 bits per heavy atom. The first kappa shape index (κ1) is 34.1. The zero-order valence-electron chi connectivity index (χ0n) is 26.5. The summed E-state index contributed by atoms with van der Waals surface area (Å²) in [6.07, 6.45) is 7.40. The molecule has 4 aliphatic carbocycles. The molecule has 0 saturated heterocycles. The number of hydrogen-bond acceptors (Lipinski definition) is 7. The third kappa shape index (κ3) is 7.53. The molecule has 1 amide bonds. The van der Waals surface area contributed by atoms with Crippen molar-refractivity contribution in [3.8, 4) is 0 Å². The number of aliphatic hydroxyl groups is 3. The van der Waals surface area contributed by atoms with E-state index >= 15 is 0 Å². The van der Waals surface area contributed by atoms with Crippen LogP contribution >= 0.6 is 0 Å². The molecule has 4 aliphatic rings. The lowest BCUT2D eigenvalue weighted by molar-refractivity contribution is -0.890. The number of aliphatic hydroxyl groups excluding tert-OH is 3. The molecule has 4 fully saturated rings. The van der Waals surface area contributed by atoms with Crippen LogP contribution in [0.25, 0.3) is 0 Å². The minimum Gasteiger partial charge on any atom is -0.748 e. The van der Waals surface area contributed by atoms with Gasteiger partial charge in [-0.2, -0.15) is 0 Å². The van der Waals surface area contributed by atoms with E-state index in [1.54, 1.807) is 0 Å². The maximum absolute atomic E-state index is 12.7. The number of nitrogens with one attached hydrogen (secondary N) is 1. The molecular formula is C32H57N2O7S. The van der Waals surface area contributed by atoms with E-state index in [2.05, 4.69) is 32.5 Å². The van der Waals surface area contributed by atoms with Crippen molar-refractivity contribution in [1.82, 2.24) is 5.32 Å². The van der Waals surface area contributed by atoms with Crippen molar-refractivity contribution >= 4 is 16.0 Å². The third-order valence-electron chi connectivity index (χ3n) is 12.2. The van der Waals surface area contributed by atoms with Gasteiger partial charge in [-0.1, -0.05) is 20.8 Å². The SMILES string of the molecule is CC(CCC(=O)NCCC[N+](C)(C)CCCS(=O)(=O)[O-])[C@H]1CCC2C3C(C[C@H](O)[C@@]21C)C1C([CH][C@H](O)C[C@H]1C)C[C@H]3O. The van der Waals surface area contributed by atoms with Crippen LogP contribution < -0.4 is 5.32 Å². The van der Waals surface area contributed by atoms with Gasteiger partial charge in [-0.05, 0) is 97.7 Å². The highest BCUT2D eigenvalue weighted by Gasteiger charge is 2.63. The summed E-state index contributed by atoms with van der Waals surface area (Å²) in [6, 6.07) is 0. The van der Waals surface area contributed by atoms with Gasteiger partial charge in [0.1, 0.15) is 0 Å². The number of hydrogen-bond donors (Lipinski definition) is 4. The second-order valence-corrected chi connectivity index (χ2v) is 16.9. The zero-order chi connectivity index (χ0) is 31.0. The number of nitrogens with zero attached hydrogens (tertiary/aromatic N) is 1. The minimum atomic E-state index is -4.18. The summed E-state index contributed by atoms with van der Waals surface area (Å²) in [5.41, 5.74) is -0.263. The molecule has 9 nitrogen and oxygen atoms in total. The molecule has 243 valence electrons. The standard InChI is InChI=1S/C32H57N2O7S/c1-20(8-11-29(38)33-12-6-13-34(4,5)14-7-15-42(39,40)41)25-9-10-26-31-24(19-28(37)32(25,26)3)30-21(2)16-23(35)17-22(30)18-27(31)36/h17,20-28,30-31,35-37H,6-16,18-19H2,1-5H3,(H-,33,38,39,40,41)/t20?,21-,22?,23-,24?,25-,26?,27-,28+,30?,31?,32-/m1/s1. The highest BCUT2D eigenvalue weighted by atomic mass is 32.2. The van der Waals surface area contributed by atoms with Crippen molar-refractivity contribution in [3.05, 3.63) is 6.42 Å². The predicted octanol–water partition coefficient (Wildman–Crippen LogP) is 2.55. The zero-order valence-corrected chi connectivity index (χ0v) is 27.3. The van der Waals surface area contributed by atoms with E-state index in [1.807, 2.05) is 14.1 Å². The molecule has 12 atom stereocenters. The number of amides is 1. The molecule has 4 N–H and O–H groups in total. The predicted molar refractivity (Wildman–Crippen MR) is 161 cm³/mol. The summed E-state index contributed by atoms with van der Waals surface area (Å²) >= 11 is 0. The molecule has 10 heteroatoms. The van der Waals surface area contributed by atoms with Gasteiger partial charge >= 0.3 is 0 Å². The summed E-state index contributed by atoms with van der Waals surface area (Å²) in [5, 5.41) is 36.5. The average molecular weight is 614 g/mol. The molecule has 0 heterocycles. The molecule has 0 spiro atoms. The number of carbonyl (C=O) groups is 1. The Morgan fingerprint density at radius 2 is 1.79 bits per heavy atom. The van der Waals surface area contributed by atoms with Gasteiger partial charge in [0.2, 0.25) is 5.91 Å². The Bertz CT molecular complexity index is 1040. The summed E-state index contributed by atoms with van der Waals surface area (Å²) in [5.74, 6) is 2.07. The molecule has 1 radical (unpaired) electrons. The molecule has 0 aliphatic heterocycles. The van der Waals surface area contributed by atoms with Crippen LogP contribution in [-0.2, 0) is 14.9 Å². The highest BCUT2D eigenvalue weighted by Crippen LogP contribution is 2.66. The molecule has 42 heavy (non-hydrogen) atoms. The van der Waals surface area contributed by atoms with Crippen molar-refractivity contribution < 1.29 is 37.6 Å². The van der Waals surface area contributed by atoms with Gasteiger partial charge in [-0.25, -0.2) is 8.42 Å². The Kier molecular flexibility index (Phi) is 10.8. The van der Waals surface area contributed by atoms with E-state index in [1.165, 1.54) is 0 Å². The van der Waals surface area contributed by atoms with Gasteiger partial charge in [-0.15, -0.1) is 0 Å². The first-order valence-electron chi connectivity index (χ1n) is 16.4. The van der Waals surface area contributed by atoms with E-state index in [0.717, 1.165) is 45.1 Å². The van der Waals surface area contributed by atoms with Crippen LogP contribution in [0, 0.1) is 59.2 Å². The molecule has 4 rings (SSSR count). The molecular weight excluding hydrogens is 556 g/mol. The molecule has 0 aromatic heterocycles. The van der Waals surface area contributed by atoms with Gasteiger partial charge in [0.25, 0.3) is 0 Å². The Morgan fingerprint density at radius 1 is 1.10 bits per heavy atom.